The Bertz CT molecular complexity index is 1120. The van der Waals surface area contributed by atoms with Gasteiger partial charge < -0.3 is 20.1 Å². The molecule has 0 aliphatic heterocycles. The number of thioether (sulfide) groups is 1. The number of hydrogen-bond donors (Lipinski definition) is 2. The van der Waals surface area contributed by atoms with Crippen LogP contribution >= 0.6 is 11.8 Å². The zero-order valence-electron chi connectivity index (χ0n) is 19.4. The fraction of sp³-hybridized carbons (Fsp3) is 0.231. The molecule has 7 heteroatoms. The quantitative estimate of drug-likeness (QED) is 0.419. The Morgan fingerprint density at radius 3 is 2.09 bits per heavy atom. The molecule has 6 nitrogen and oxygen atoms in total. The Morgan fingerprint density at radius 1 is 0.879 bits per heavy atom. The first-order valence-corrected chi connectivity index (χ1v) is 11.4. The largest absolute Gasteiger partial charge is 0.496 e. The topological polar surface area (TPSA) is 76.7 Å². The molecule has 0 heterocycles. The SMILES string of the molecule is COc1cccc(OC)c1C(=O)Nc1ccc(SC(C)C(=O)Nc2ccc(C)cc2C)cc1. The maximum absolute atomic E-state index is 12.8. The van der Waals surface area contributed by atoms with Crippen LogP contribution in [0.15, 0.2) is 65.6 Å². The molecule has 0 radical (unpaired) electrons. The molecule has 172 valence electrons. The van der Waals surface area contributed by atoms with E-state index in [-0.39, 0.29) is 17.1 Å². The van der Waals surface area contributed by atoms with Crippen molar-refractivity contribution in [1.82, 2.24) is 0 Å². The minimum atomic E-state index is -0.328. The van der Waals surface area contributed by atoms with Gasteiger partial charge in [-0.1, -0.05) is 23.8 Å². The lowest BCUT2D eigenvalue weighted by atomic mass is 10.1. The highest BCUT2D eigenvalue weighted by Crippen LogP contribution is 2.30. The van der Waals surface area contributed by atoms with E-state index in [0.29, 0.717) is 22.7 Å². The Kier molecular flexibility index (Phi) is 8.01. The second kappa shape index (κ2) is 10.9. The van der Waals surface area contributed by atoms with Gasteiger partial charge in [-0.05, 0) is 68.8 Å². The highest BCUT2D eigenvalue weighted by molar-refractivity contribution is 8.00. The van der Waals surface area contributed by atoms with Gasteiger partial charge in [-0.2, -0.15) is 0 Å². The van der Waals surface area contributed by atoms with E-state index in [0.717, 1.165) is 21.7 Å². The molecule has 0 saturated heterocycles. The van der Waals surface area contributed by atoms with Crippen molar-refractivity contribution >= 4 is 35.0 Å². The number of nitrogens with one attached hydrogen (secondary N) is 2. The number of ether oxygens (including phenoxy) is 2. The predicted molar refractivity (Wildman–Crippen MR) is 134 cm³/mol. The molecule has 2 N–H and O–H groups in total. The summed E-state index contributed by atoms with van der Waals surface area (Å²) in [6, 6.07) is 18.5. The molecular weight excluding hydrogens is 436 g/mol. The minimum Gasteiger partial charge on any atom is -0.496 e. The summed E-state index contributed by atoms with van der Waals surface area (Å²) < 4.78 is 10.6. The van der Waals surface area contributed by atoms with Gasteiger partial charge in [-0.3, -0.25) is 9.59 Å². The molecule has 0 spiro atoms. The highest BCUT2D eigenvalue weighted by Gasteiger charge is 2.19. The molecule has 0 aromatic heterocycles. The third kappa shape index (κ3) is 6.08. The van der Waals surface area contributed by atoms with E-state index in [4.69, 9.17) is 9.47 Å². The first-order valence-electron chi connectivity index (χ1n) is 10.5. The molecule has 0 fully saturated rings. The zero-order valence-corrected chi connectivity index (χ0v) is 20.2. The monoisotopic (exact) mass is 464 g/mol. The molecular formula is C26H28N2O4S. The molecule has 1 unspecified atom stereocenters. The minimum absolute atomic E-state index is 0.0624. The number of hydrogen-bond acceptors (Lipinski definition) is 5. The van der Waals surface area contributed by atoms with Crippen LogP contribution in [0.2, 0.25) is 0 Å². The van der Waals surface area contributed by atoms with Gasteiger partial charge >= 0.3 is 0 Å². The van der Waals surface area contributed by atoms with E-state index in [9.17, 15) is 9.59 Å². The second-order valence-electron chi connectivity index (χ2n) is 7.58. The summed E-state index contributed by atoms with van der Waals surface area (Å²) in [4.78, 5) is 26.4. The average Bonchev–Trinajstić information content (AvgIpc) is 2.81. The number of amides is 2. The smallest absolute Gasteiger partial charge is 0.263 e. The van der Waals surface area contributed by atoms with E-state index in [2.05, 4.69) is 10.6 Å². The van der Waals surface area contributed by atoms with Gasteiger partial charge in [0.05, 0.1) is 19.5 Å². The van der Waals surface area contributed by atoms with Crippen molar-refractivity contribution < 1.29 is 19.1 Å². The van der Waals surface area contributed by atoms with Crippen LogP contribution in [0, 0.1) is 13.8 Å². The van der Waals surface area contributed by atoms with Crippen LogP contribution in [0.4, 0.5) is 11.4 Å². The maximum atomic E-state index is 12.8. The number of aryl methyl sites for hydroxylation is 2. The van der Waals surface area contributed by atoms with Gasteiger partial charge in [0.1, 0.15) is 17.1 Å². The normalized spacial score (nSPS) is 11.4. The van der Waals surface area contributed by atoms with Crippen molar-refractivity contribution in [2.45, 2.75) is 30.9 Å². The van der Waals surface area contributed by atoms with E-state index >= 15 is 0 Å². The van der Waals surface area contributed by atoms with Crippen molar-refractivity contribution in [2.24, 2.45) is 0 Å². The summed E-state index contributed by atoms with van der Waals surface area (Å²) in [7, 11) is 3.02. The lowest BCUT2D eigenvalue weighted by Gasteiger charge is -2.15. The van der Waals surface area contributed by atoms with Gasteiger partial charge in [0.25, 0.3) is 5.91 Å². The van der Waals surface area contributed by atoms with E-state index in [1.54, 1.807) is 30.3 Å². The van der Waals surface area contributed by atoms with Crippen LogP contribution in [0.25, 0.3) is 0 Å². The summed E-state index contributed by atoms with van der Waals surface area (Å²) in [5, 5.41) is 5.57. The fourth-order valence-electron chi connectivity index (χ4n) is 3.33. The Morgan fingerprint density at radius 2 is 1.52 bits per heavy atom. The first kappa shape index (κ1) is 24.2. The fourth-order valence-corrected chi connectivity index (χ4v) is 4.20. The van der Waals surface area contributed by atoms with Crippen molar-refractivity contribution in [1.29, 1.82) is 0 Å². The molecule has 0 bridgehead atoms. The first-order chi connectivity index (χ1) is 15.8. The molecule has 0 aliphatic rings. The predicted octanol–water partition coefficient (Wildman–Crippen LogP) is 5.69. The van der Waals surface area contributed by atoms with Gasteiger partial charge in [0.15, 0.2) is 0 Å². The highest BCUT2D eigenvalue weighted by atomic mass is 32.2. The lowest BCUT2D eigenvalue weighted by Crippen LogP contribution is -2.22. The van der Waals surface area contributed by atoms with Gasteiger partial charge in [-0.15, -0.1) is 11.8 Å². The van der Waals surface area contributed by atoms with Crippen molar-refractivity contribution in [3.63, 3.8) is 0 Å². The Hall–Kier alpha value is -3.45. The number of benzene rings is 3. The molecule has 3 aromatic carbocycles. The number of carbonyl (C=O) groups is 2. The van der Waals surface area contributed by atoms with Gasteiger partial charge in [-0.25, -0.2) is 0 Å². The zero-order chi connectivity index (χ0) is 24.0. The van der Waals surface area contributed by atoms with Crippen LogP contribution in [0.5, 0.6) is 11.5 Å². The summed E-state index contributed by atoms with van der Waals surface area (Å²) in [6.07, 6.45) is 0. The number of methoxy groups -OCH3 is 2. The van der Waals surface area contributed by atoms with Crippen molar-refractivity contribution in [2.75, 3.05) is 24.9 Å². The molecule has 0 saturated carbocycles. The van der Waals surface area contributed by atoms with Crippen molar-refractivity contribution in [3.8, 4) is 11.5 Å². The summed E-state index contributed by atoms with van der Waals surface area (Å²) in [5.74, 6) is 0.476. The van der Waals surface area contributed by atoms with Crippen LogP contribution in [-0.4, -0.2) is 31.3 Å². The molecule has 1 atom stereocenters. The van der Waals surface area contributed by atoms with Gasteiger partial charge in [0, 0.05) is 16.3 Å². The van der Waals surface area contributed by atoms with E-state index < -0.39 is 0 Å². The standard InChI is InChI=1S/C26H28N2O4S/c1-16-9-14-21(17(2)15-16)28-25(29)18(3)33-20-12-10-19(11-13-20)27-26(30)24-22(31-4)7-6-8-23(24)32-5/h6-15,18H,1-5H3,(H,27,30)(H,28,29). The van der Waals surface area contributed by atoms with Crippen LogP contribution in [0.3, 0.4) is 0 Å². The van der Waals surface area contributed by atoms with Gasteiger partial charge in [0.2, 0.25) is 5.91 Å². The molecule has 3 rings (SSSR count). The molecule has 2 amide bonds. The average molecular weight is 465 g/mol. The molecule has 3 aromatic rings. The van der Waals surface area contributed by atoms with E-state index in [1.807, 2.05) is 51.1 Å². The second-order valence-corrected chi connectivity index (χ2v) is 9.00. The molecule has 0 aliphatic carbocycles. The molecule has 33 heavy (non-hydrogen) atoms. The van der Waals surface area contributed by atoms with Crippen molar-refractivity contribution in [3.05, 3.63) is 77.4 Å². The third-order valence-electron chi connectivity index (χ3n) is 5.09. The summed E-state index contributed by atoms with van der Waals surface area (Å²) in [5.41, 5.74) is 3.97. The Labute approximate surface area is 198 Å². The Balaban J connectivity index is 1.63. The number of anilines is 2. The number of carbonyl (C=O) groups excluding carboxylic acids is 2. The lowest BCUT2D eigenvalue weighted by molar-refractivity contribution is -0.115. The summed E-state index contributed by atoms with van der Waals surface area (Å²) >= 11 is 1.45. The number of rotatable bonds is 8. The van der Waals surface area contributed by atoms with Crippen LogP contribution in [0.1, 0.15) is 28.4 Å². The third-order valence-corrected chi connectivity index (χ3v) is 6.20. The van der Waals surface area contributed by atoms with Crippen LogP contribution in [-0.2, 0) is 4.79 Å². The summed E-state index contributed by atoms with van der Waals surface area (Å²) in [6.45, 7) is 5.87. The maximum Gasteiger partial charge on any atom is 0.263 e. The van der Waals surface area contributed by atoms with E-state index in [1.165, 1.54) is 26.0 Å². The van der Waals surface area contributed by atoms with Crippen LogP contribution < -0.4 is 20.1 Å².